The number of piperazine rings is 1. The molecule has 26 heavy (non-hydrogen) atoms. The van der Waals surface area contributed by atoms with Crippen molar-refractivity contribution in [2.24, 2.45) is 0 Å². The molecule has 1 heterocycles. The highest BCUT2D eigenvalue weighted by Gasteiger charge is 2.20. The molecule has 0 bridgehead atoms. The first-order chi connectivity index (χ1) is 12.6. The molecule has 0 spiro atoms. The summed E-state index contributed by atoms with van der Waals surface area (Å²) in [6, 6.07) is 13.1. The first kappa shape index (κ1) is 18.8. The number of carbonyl (C=O) groups excluding carboxylic acids is 1. The summed E-state index contributed by atoms with van der Waals surface area (Å²) in [5.41, 5.74) is 1.74. The molecule has 1 N–H and O–H groups in total. The second-order valence-electron chi connectivity index (χ2n) is 6.11. The molecule has 1 saturated heterocycles. The van der Waals surface area contributed by atoms with Crippen LogP contribution in [-0.4, -0.2) is 50.6 Å². The first-order valence-corrected chi connectivity index (χ1v) is 9.17. The zero-order valence-corrected chi connectivity index (χ0v) is 16.1. The average molecular weight is 394 g/mol. The van der Waals surface area contributed by atoms with Crippen LogP contribution in [0, 0.1) is 0 Å². The Kier molecular flexibility index (Phi) is 6.25. The van der Waals surface area contributed by atoms with E-state index in [-0.39, 0.29) is 5.91 Å². The number of amides is 1. The highest BCUT2D eigenvalue weighted by Crippen LogP contribution is 2.28. The zero-order valence-electron chi connectivity index (χ0n) is 14.5. The minimum absolute atomic E-state index is 0.0440. The van der Waals surface area contributed by atoms with E-state index in [9.17, 15) is 4.79 Å². The Balaban J connectivity index is 1.52. The summed E-state index contributed by atoms with van der Waals surface area (Å²) in [7, 11) is 1.59. The van der Waals surface area contributed by atoms with Crippen LogP contribution < -0.4 is 15.0 Å². The third-order valence-electron chi connectivity index (χ3n) is 4.39. The molecule has 138 valence electrons. The van der Waals surface area contributed by atoms with E-state index in [0.717, 1.165) is 31.9 Å². The van der Waals surface area contributed by atoms with Gasteiger partial charge in [-0.2, -0.15) is 0 Å². The van der Waals surface area contributed by atoms with Crippen LogP contribution in [0.5, 0.6) is 5.75 Å². The molecule has 0 atom stereocenters. The molecular weight excluding hydrogens is 373 g/mol. The number of halogens is 2. The van der Waals surface area contributed by atoms with Crippen molar-refractivity contribution in [3.63, 3.8) is 0 Å². The minimum atomic E-state index is -0.0440. The molecule has 7 heteroatoms. The van der Waals surface area contributed by atoms with Crippen LogP contribution in [0.15, 0.2) is 42.5 Å². The standard InChI is InChI=1S/C19H21Cl2N3O2/c1-26-18-5-3-2-4-17(18)22-19(25)13-23-8-10-24(11-9-23)14-6-7-15(20)16(21)12-14/h2-7,12H,8-11,13H2,1H3,(H,22,25). The van der Waals surface area contributed by atoms with Gasteiger partial charge in [0.1, 0.15) is 5.75 Å². The van der Waals surface area contributed by atoms with E-state index in [4.69, 9.17) is 27.9 Å². The molecule has 0 aromatic heterocycles. The SMILES string of the molecule is COc1ccccc1NC(=O)CN1CCN(c2ccc(Cl)c(Cl)c2)CC1. The monoisotopic (exact) mass is 393 g/mol. The van der Waals surface area contributed by atoms with Crippen molar-refractivity contribution >= 4 is 40.5 Å². The number of para-hydroxylation sites is 2. The zero-order chi connectivity index (χ0) is 18.5. The maximum Gasteiger partial charge on any atom is 0.238 e. The number of methoxy groups -OCH3 is 1. The Labute approximate surface area is 163 Å². The van der Waals surface area contributed by atoms with Crippen LogP contribution >= 0.6 is 23.2 Å². The number of hydrogen-bond acceptors (Lipinski definition) is 4. The topological polar surface area (TPSA) is 44.8 Å². The van der Waals surface area contributed by atoms with Gasteiger partial charge in [0.25, 0.3) is 0 Å². The van der Waals surface area contributed by atoms with E-state index >= 15 is 0 Å². The van der Waals surface area contributed by atoms with Crippen molar-refractivity contribution in [1.82, 2.24) is 4.90 Å². The fraction of sp³-hybridized carbons (Fsp3) is 0.316. The van der Waals surface area contributed by atoms with Crippen LogP contribution in [0.4, 0.5) is 11.4 Å². The predicted octanol–water partition coefficient (Wildman–Crippen LogP) is 3.76. The predicted molar refractivity (Wildman–Crippen MR) is 107 cm³/mol. The lowest BCUT2D eigenvalue weighted by molar-refractivity contribution is -0.117. The van der Waals surface area contributed by atoms with Crippen molar-refractivity contribution in [3.05, 3.63) is 52.5 Å². The largest absolute Gasteiger partial charge is 0.495 e. The van der Waals surface area contributed by atoms with Crippen molar-refractivity contribution in [2.75, 3.05) is 50.1 Å². The van der Waals surface area contributed by atoms with Gasteiger partial charge in [0.2, 0.25) is 5.91 Å². The molecule has 1 aliphatic heterocycles. The van der Waals surface area contributed by atoms with Crippen molar-refractivity contribution in [1.29, 1.82) is 0 Å². The van der Waals surface area contributed by atoms with E-state index in [0.29, 0.717) is 28.0 Å². The van der Waals surface area contributed by atoms with E-state index in [1.165, 1.54) is 0 Å². The number of benzene rings is 2. The van der Waals surface area contributed by atoms with Crippen LogP contribution in [0.3, 0.4) is 0 Å². The highest BCUT2D eigenvalue weighted by atomic mass is 35.5. The lowest BCUT2D eigenvalue weighted by Gasteiger charge is -2.35. The third-order valence-corrected chi connectivity index (χ3v) is 5.13. The van der Waals surface area contributed by atoms with Gasteiger partial charge in [-0.3, -0.25) is 9.69 Å². The number of nitrogens with one attached hydrogen (secondary N) is 1. The summed E-state index contributed by atoms with van der Waals surface area (Å²) in [6.45, 7) is 3.63. The van der Waals surface area contributed by atoms with Crippen LogP contribution in [0.2, 0.25) is 10.0 Å². The second-order valence-corrected chi connectivity index (χ2v) is 6.92. The molecular formula is C19H21Cl2N3O2. The summed E-state index contributed by atoms with van der Waals surface area (Å²) in [5, 5.41) is 4.03. The lowest BCUT2D eigenvalue weighted by Crippen LogP contribution is -2.48. The number of ether oxygens (including phenoxy) is 1. The molecule has 0 radical (unpaired) electrons. The fourth-order valence-corrected chi connectivity index (χ4v) is 3.28. The van der Waals surface area contributed by atoms with Crippen molar-refractivity contribution < 1.29 is 9.53 Å². The molecule has 0 saturated carbocycles. The Morgan fingerprint density at radius 2 is 1.81 bits per heavy atom. The third kappa shape index (κ3) is 4.61. The summed E-state index contributed by atoms with van der Waals surface area (Å²) < 4.78 is 5.26. The van der Waals surface area contributed by atoms with Crippen molar-refractivity contribution in [2.45, 2.75) is 0 Å². The van der Waals surface area contributed by atoms with Gasteiger partial charge in [-0.25, -0.2) is 0 Å². The molecule has 2 aromatic rings. The highest BCUT2D eigenvalue weighted by molar-refractivity contribution is 6.42. The number of nitrogens with zero attached hydrogens (tertiary/aromatic N) is 2. The van der Waals surface area contributed by atoms with Crippen LogP contribution in [0.25, 0.3) is 0 Å². The Bertz CT molecular complexity index is 777. The van der Waals surface area contributed by atoms with E-state index in [1.807, 2.05) is 42.5 Å². The molecule has 2 aromatic carbocycles. The van der Waals surface area contributed by atoms with Crippen LogP contribution in [-0.2, 0) is 4.79 Å². The maximum absolute atomic E-state index is 12.3. The Hall–Kier alpha value is -1.95. The molecule has 0 unspecified atom stereocenters. The Morgan fingerprint density at radius 1 is 1.08 bits per heavy atom. The lowest BCUT2D eigenvalue weighted by atomic mass is 10.2. The number of rotatable bonds is 5. The minimum Gasteiger partial charge on any atom is -0.495 e. The van der Waals surface area contributed by atoms with Gasteiger partial charge in [-0.05, 0) is 30.3 Å². The number of carbonyl (C=O) groups is 1. The van der Waals surface area contributed by atoms with Gasteiger partial charge < -0.3 is 15.0 Å². The molecule has 1 aliphatic rings. The smallest absolute Gasteiger partial charge is 0.238 e. The summed E-state index contributed by atoms with van der Waals surface area (Å²) in [4.78, 5) is 16.7. The fourth-order valence-electron chi connectivity index (χ4n) is 2.99. The molecule has 1 fully saturated rings. The number of hydrogen-bond donors (Lipinski definition) is 1. The van der Waals surface area contributed by atoms with Gasteiger partial charge >= 0.3 is 0 Å². The normalized spacial score (nSPS) is 15.0. The van der Waals surface area contributed by atoms with Gasteiger partial charge in [0, 0.05) is 31.9 Å². The van der Waals surface area contributed by atoms with Crippen molar-refractivity contribution in [3.8, 4) is 5.75 Å². The summed E-state index contributed by atoms with van der Waals surface area (Å²) in [5.74, 6) is 0.614. The number of anilines is 2. The van der Waals surface area contributed by atoms with Crippen LogP contribution in [0.1, 0.15) is 0 Å². The van der Waals surface area contributed by atoms with Gasteiger partial charge in [0.05, 0.1) is 29.4 Å². The van der Waals surface area contributed by atoms with Gasteiger partial charge in [0.15, 0.2) is 0 Å². The Morgan fingerprint density at radius 3 is 2.50 bits per heavy atom. The summed E-state index contributed by atoms with van der Waals surface area (Å²) >= 11 is 12.1. The molecule has 3 rings (SSSR count). The quantitative estimate of drug-likeness (QED) is 0.839. The van der Waals surface area contributed by atoms with Gasteiger partial charge in [-0.15, -0.1) is 0 Å². The van der Waals surface area contributed by atoms with E-state index in [1.54, 1.807) is 7.11 Å². The first-order valence-electron chi connectivity index (χ1n) is 8.42. The maximum atomic E-state index is 12.3. The molecule has 0 aliphatic carbocycles. The van der Waals surface area contributed by atoms with E-state index < -0.39 is 0 Å². The second kappa shape index (κ2) is 8.62. The summed E-state index contributed by atoms with van der Waals surface area (Å²) in [6.07, 6.45) is 0. The average Bonchev–Trinajstić information content (AvgIpc) is 2.65. The van der Waals surface area contributed by atoms with Gasteiger partial charge in [-0.1, -0.05) is 35.3 Å². The van der Waals surface area contributed by atoms with E-state index in [2.05, 4.69) is 15.1 Å². The molecule has 5 nitrogen and oxygen atoms in total. The molecule has 1 amide bonds.